The van der Waals surface area contributed by atoms with Crippen LogP contribution in [0.15, 0.2) is 60.9 Å². The SMILES string of the molecule is Cn1ccnc1N1CCN(C(=O)c2cc(CCc3ccccc3)ccc2O)CC1. The van der Waals surface area contributed by atoms with E-state index in [1.54, 1.807) is 12.3 Å². The van der Waals surface area contributed by atoms with E-state index in [0.29, 0.717) is 18.7 Å². The Kier molecular flexibility index (Phi) is 5.51. The molecule has 0 bridgehead atoms. The van der Waals surface area contributed by atoms with Crippen LogP contribution in [0.2, 0.25) is 0 Å². The standard InChI is InChI=1S/C23H26N4O2/c1-25-12-11-24-23(25)27-15-13-26(14-16-27)22(29)20-17-19(9-10-21(20)28)8-7-18-5-3-2-4-6-18/h2-6,9-12,17,28H,7-8,13-16H2,1H3. The summed E-state index contributed by atoms with van der Waals surface area (Å²) in [6.45, 7) is 2.68. The van der Waals surface area contributed by atoms with Gasteiger partial charge < -0.3 is 19.5 Å². The molecule has 0 unspecified atom stereocenters. The first kappa shape index (κ1) is 19.1. The Morgan fingerprint density at radius 2 is 1.72 bits per heavy atom. The van der Waals surface area contributed by atoms with Crippen molar-refractivity contribution in [3.8, 4) is 5.75 Å². The number of phenolic OH excluding ortho intramolecular Hbond substituents is 1. The van der Waals surface area contributed by atoms with E-state index in [1.165, 1.54) is 5.56 Å². The van der Waals surface area contributed by atoms with E-state index in [9.17, 15) is 9.90 Å². The first-order chi connectivity index (χ1) is 14.1. The molecular formula is C23H26N4O2. The van der Waals surface area contributed by atoms with Gasteiger partial charge in [0, 0.05) is 45.6 Å². The monoisotopic (exact) mass is 390 g/mol. The number of piperazine rings is 1. The Morgan fingerprint density at radius 1 is 1.00 bits per heavy atom. The van der Waals surface area contributed by atoms with Crippen molar-refractivity contribution in [3.05, 3.63) is 77.6 Å². The van der Waals surface area contributed by atoms with E-state index in [1.807, 2.05) is 53.0 Å². The number of aryl methyl sites for hydroxylation is 3. The molecule has 0 atom stereocenters. The number of hydrogen-bond donors (Lipinski definition) is 1. The summed E-state index contributed by atoms with van der Waals surface area (Å²) in [7, 11) is 1.97. The van der Waals surface area contributed by atoms with Crippen LogP contribution in [0.5, 0.6) is 5.75 Å². The molecule has 1 amide bonds. The number of anilines is 1. The summed E-state index contributed by atoms with van der Waals surface area (Å²) >= 11 is 0. The van der Waals surface area contributed by atoms with Crippen LogP contribution in [0.4, 0.5) is 5.95 Å². The van der Waals surface area contributed by atoms with E-state index < -0.39 is 0 Å². The zero-order valence-corrected chi connectivity index (χ0v) is 16.7. The second kappa shape index (κ2) is 8.39. The van der Waals surface area contributed by atoms with Crippen molar-refractivity contribution in [2.45, 2.75) is 12.8 Å². The minimum Gasteiger partial charge on any atom is -0.507 e. The molecule has 0 saturated carbocycles. The van der Waals surface area contributed by atoms with Crippen molar-refractivity contribution in [1.82, 2.24) is 14.5 Å². The molecule has 3 aromatic rings. The Hall–Kier alpha value is -3.28. The quantitative estimate of drug-likeness (QED) is 0.728. The third-order valence-corrected chi connectivity index (χ3v) is 5.48. The lowest BCUT2D eigenvalue weighted by Crippen LogP contribution is -2.49. The lowest BCUT2D eigenvalue weighted by atomic mass is 10.0. The summed E-state index contributed by atoms with van der Waals surface area (Å²) in [6.07, 6.45) is 5.44. The molecule has 1 saturated heterocycles. The number of carbonyl (C=O) groups is 1. The van der Waals surface area contributed by atoms with E-state index in [4.69, 9.17) is 0 Å². The van der Waals surface area contributed by atoms with Crippen LogP contribution in [0.3, 0.4) is 0 Å². The molecule has 6 heteroatoms. The number of benzene rings is 2. The Morgan fingerprint density at radius 3 is 2.41 bits per heavy atom. The van der Waals surface area contributed by atoms with Crippen LogP contribution in [-0.4, -0.2) is 51.6 Å². The van der Waals surface area contributed by atoms with Gasteiger partial charge in [0.2, 0.25) is 5.95 Å². The molecule has 1 fully saturated rings. The number of amides is 1. The number of imidazole rings is 1. The highest BCUT2D eigenvalue weighted by molar-refractivity contribution is 5.97. The van der Waals surface area contributed by atoms with Crippen molar-refractivity contribution in [1.29, 1.82) is 0 Å². The van der Waals surface area contributed by atoms with Crippen LogP contribution in [-0.2, 0) is 19.9 Å². The van der Waals surface area contributed by atoms with Gasteiger partial charge in [-0.2, -0.15) is 0 Å². The van der Waals surface area contributed by atoms with Gasteiger partial charge in [0.15, 0.2) is 0 Å². The van der Waals surface area contributed by atoms with Crippen LogP contribution in [0, 0.1) is 0 Å². The minimum absolute atomic E-state index is 0.0463. The number of phenols is 1. The van der Waals surface area contributed by atoms with Gasteiger partial charge in [-0.1, -0.05) is 36.4 Å². The topological polar surface area (TPSA) is 61.6 Å². The number of rotatable bonds is 5. The maximum Gasteiger partial charge on any atom is 0.257 e. The number of aromatic nitrogens is 2. The fourth-order valence-corrected chi connectivity index (χ4v) is 3.79. The summed E-state index contributed by atoms with van der Waals surface area (Å²) < 4.78 is 1.99. The smallest absolute Gasteiger partial charge is 0.257 e. The number of aromatic hydroxyl groups is 1. The molecule has 1 aliphatic rings. The summed E-state index contributed by atoms with van der Waals surface area (Å²) in [5.74, 6) is 0.858. The van der Waals surface area contributed by atoms with Gasteiger partial charge in [0.1, 0.15) is 5.75 Å². The van der Waals surface area contributed by atoms with Gasteiger partial charge in [-0.3, -0.25) is 4.79 Å². The van der Waals surface area contributed by atoms with Crippen LogP contribution in [0.1, 0.15) is 21.5 Å². The highest BCUT2D eigenvalue weighted by atomic mass is 16.3. The fourth-order valence-electron chi connectivity index (χ4n) is 3.79. The third-order valence-electron chi connectivity index (χ3n) is 5.48. The maximum absolute atomic E-state index is 13.0. The molecule has 150 valence electrons. The predicted molar refractivity (Wildman–Crippen MR) is 113 cm³/mol. The lowest BCUT2D eigenvalue weighted by molar-refractivity contribution is 0.0743. The average Bonchev–Trinajstić information content (AvgIpc) is 3.19. The molecule has 29 heavy (non-hydrogen) atoms. The van der Waals surface area contributed by atoms with Crippen molar-refractivity contribution in [2.75, 3.05) is 31.1 Å². The number of hydrogen-bond acceptors (Lipinski definition) is 4. The van der Waals surface area contributed by atoms with Gasteiger partial charge in [0.05, 0.1) is 5.56 Å². The average molecular weight is 390 g/mol. The van der Waals surface area contributed by atoms with E-state index in [0.717, 1.165) is 37.4 Å². The molecule has 0 aliphatic carbocycles. The zero-order chi connectivity index (χ0) is 20.2. The van der Waals surface area contributed by atoms with E-state index in [-0.39, 0.29) is 11.7 Å². The highest BCUT2D eigenvalue weighted by Gasteiger charge is 2.25. The summed E-state index contributed by atoms with van der Waals surface area (Å²) in [5.41, 5.74) is 2.71. The minimum atomic E-state index is -0.108. The van der Waals surface area contributed by atoms with E-state index >= 15 is 0 Å². The first-order valence-electron chi connectivity index (χ1n) is 9.99. The maximum atomic E-state index is 13.0. The lowest BCUT2D eigenvalue weighted by Gasteiger charge is -2.35. The van der Waals surface area contributed by atoms with Crippen molar-refractivity contribution >= 4 is 11.9 Å². The Labute approximate surface area is 171 Å². The molecule has 0 spiro atoms. The molecule has 1 aliphatic heterocycles. The van der Waals surface area contributed by atoms with Crippen molar-refractivity contribution in [3.63, 3.8) is 0 Å². The van der Waals surface area contributed by atoms with Gasteiger partial charge in [-0.25, -0.2) is 4.98 Å². The molecule has 4 rings (SSSR count). The molecule has 0 radical (unpaired) electrons. The molecule has 2 aromatic carbocycles. The zero-order valence-electron chi connectivity index (χ0n) is 16.7. The highest BCUT2D eigenvalue weighted by Crippen LogP contribution is 2.23. The first-order valence-corrected chi connectivity index (χ1v) is 9.99. The normalized spacial score (nSPS) is 14.2. The van der Waals surface area contributed by atoms with Crippen LogP contribution >= 0.6 is 0 Å². The largest absolute Gasteiger partial charge is 0.507 e. The van der Waals surface area contributed by atoms with Gasteiger partial charge in [-0.15, -0.1) is 0 Å². The second-order valence-electron chi connectivity index (χ2n) is 7.45. The van der Waals surface area contributed by atoms with Crippen LogP contribution in [0.25, 0.3) is 0 Å². The molecular weight excluding hydrogens is 364 g/mol. The van der Waals surface area contributed by atoms with E-state index in [2.05, 4.69) is 22.0 Å². The second-order valence-corrected chi connectivity index (χ2v) is 7.45. The van der Waals surface area contributed by atoms with Gasteiger partial charge in [0.25, 0.3) is 5.91 Å². The Bertz CT molecular complexity index is 976. The predicted octanol–water partition coefficient (Wildman–Crippen LogP) is 2.87. The Balaban J connectivity index is 1.41. The number of nitrogens with zero attached hydrogens (tertiary/aromatic N) is 4. The molecule has 6 nitrogen and oxygen atoms in total. The van der Waals surface area contributed by atoms with Crippen molar-refractivity contribution in [2.24, 2.45) is 7.05 Å². The summed E-state index contributed by atoms with van der Waals surface area (Å²) in [6, 6.07) is 15.7. The molecule has 1 aromatic heterocycles. The van der Waals surface area contributed by atoms with Crippen molar-refractivity contribution < 1.29 is 9.90 Å². The van der Waals surface area contributed by atoms with Gasteiger partial charge >= 0.3 is 0 Å². The molecule has 1 N–H and O–H groups in total. The fraction of sp³-hybridized carbons (Fsp3) is 0.304. The number of carbonyl (C=O) groups excluding carboxylic acids is 1. The summed E-state index contributed by atoms with van der Waals surface area (Å²) in [4.78, 5) is 21.4. The van der Waals surface area contributed by atoms with Crippen LogP contribution < -0.4 is 4.90 Å². The van der Waals surface area contributed by atoms with Gasteiger partial charge in [-0.05, 0) is 36.1 Å². The third kappa shape index (κ3) is 4.26. The molecule has 2 heterocycles. The summed E-state index contributed by atoms with van der Waals surface area (Å²) in [5, 5.41) is 10.3.